The molecule has 0 aliphatic rings. The van der Waals surface area contributed by atoms with Crippen LogP contribution in [-0.4, -0.2) is 18.3 Å². The Bertz CT molecular complexity index is 44.2. The molecule has 0 fully saturated rings. The number of nitrogens with two attached hydrogens (primary N) is 1. The largest absolute Gasteiger partial charge is 0.594 e. The number of hydrazine groups is 1. The molecule has 4 nitrogen and oxygen atoms in total. The molecular formula is C3H11N4-. The molecule has 0 aromatic heterocycles. The molecule has 0 spiro atoms. The van der Waals surface area contributed by atoms with Gasteiger partial charge < -0.3 is 16.3 Å². The van der Waals surface area contributed by atoms with Gasteiger partial charge in [0.2, 0.25) is 0 Å². The maximum Gasteiger partial charge on any atom is 0.0518 e. The normalized spacial score (nSPS) is 15.0. The van der Waals surface area contributed by atoms with Gasteiger partial charge in [0, 0.05) is 0 Å². The summed E-state index contributed by atoms with van der Waals surface area (Å²) in [4.78, 5) is 0. The molecule has 0 rings (SSSR count). The Balaban J connectivity index is 3.14. The second-order valence-electron chi connectivity index (χ2n) is 1.37. The quantitative estimate of drug-likeness (QED) is 0.286. The summed E-state index contributed by atoms with van der Waals surface area (Å²) in [5.41, 5.74) is 0. The first kappa shape index (κ1) is 6.84. The lowest BCUT2D eigenvalue weighted by Crippen LogP contribution is -2.41. The monoisotopic (exact) mass is 103 g/mol. The van der Waals surface area contributed by atoms with E-state index in [0.717, 1.165) is 5.12 Å². The van der Waals surface area contributed by atoms with E-state index >= 15 is 0 Å². The summed E-state index contributed by atoms with van der Waals surface area (Å²) >= 11 is 0. The minimum Gasteiger partial charge on any atom is -0.594 e. The van der Waals surface area contributed by atoms with Crippen molar-refractivity contribution in [2.75, 3.05) is 7.05 Å². The summed E-state index contributed by atoms with van der Waals surface area (Å²) < 4.78 is 0. The summed E-state index contributed by atoms with van der Waals surface area (Å²) in [7, 11) is 1.75. The minimum absolute atomic E-state index is 0.0694. The fourth-order valence-corrected chi connectivity index (χ4v) is 0.139. The summed E-state index contributed by atoms with van der Waals surface area (Å²) in [5.74, 6) is 11.7. The van der Waals surface area contributed by atoms with Crippen LogP contribution in [0.2, 0.25) is 0 Å². The third-order valence-electron chi connectivity index (χ3n) is 0.835. The zero-order valence-electron chi connectivity index (χ0n) is 4.60. The van der Waals surface area contributed by atoms with E-state index in [1.165, 1.54) is 0 Å². The van der Waals surface area contributed by atoms with Gasteiger partial charge >= 0.3 is 0 Å². The van der Waals surface area contributed by atoms with Crippen LogP contribution in [-0.2, 0) is 0 Å². The van der Waals surface area contributed by atoms with Crippen molar-refractivity contribution in [3.63, 3.8) is 0 Å². The maximum atomic E-state index is 6.73. The number of nitrogens with zero attached hydrogens (tertiary/aromatic N) is 1. The fourth-order valence-electron chi connectivity index (χ4n) is 0.139. The first-order valence-electron chi connectivity index (χ1n) is 2.11. The highest BCUT2D eigenvalue weighted by molar-refractivity contribution is 4.52. The number of nitrogens with one attached hydrogen (secondary N) is 2. The Morgan fingerprint density at radius 3 is 2.29 bits per heavy atom. The first-order valence-corrected chi connectivity index (χ1v) is 2.11. The van der Waals surface area contributed by atoms with Gasteiger partial charge in [-0.25, -0.2) is 0 Å². The lowest BCUT2D eigenvalue weighted by atomic mass is 10.6. The van der Waals surface area contributed by atoms with Crippen molar-refractivity contribution in [2.45, 2.75) is 13.1 Å². The number of hydrogen-bond donors (Lipinski definition) is 2. The smallest absolute Gasteiger partial charge is 0.0518 e. The first-order chi connectivity index (χ1) is 3.18. The van der Waals surface area contributed by atoms with Crippen LogP contribution in [0.4, 0.5) is 0 Å². The van der Waals surface area contributed by atoms with E-state index < -0.39 is 0 Å². The molecule has 44 valence electrons. The highest BCUT2D eigenvalue weighted by Gasteiger charge is 1.90. The molecule has 4 N–H and O–H groups in total. The lowest BCUT2D eigenvalue weighted by Gasteiger charge is -2.26. The molecule has 0 aliphatic carbocycles. The molecular weight excluding hydrogens is 92.1 g/mol. The van der Waals surface area contributed by atoms with Gasteiger partial charge in [-0.2, -0.15) is 0 Å². The summed E-state index contributed by atoms with van der Waals surface area (Å²) in [6.07, 6.45) is -0.0694. The van der Waals surface area contributed by atoms with Crippen LogP contribution in [0, 0.1) is 0 Å². The average Bonchev–Trinajstić information content (AvgIpc) is 1.65. The van der Waals surface area contributed by atoms with Crippen molar-refractivity contribution in [1.29, 1.82) is 0 Å². The van der Waals surface area contributed by atoms with Crippen LogP contribution in [0.1, 0.15) is 6.92 Å². The van der Waals surface area contributed by atoms with Gasteiger partial charge in [-0.05, 0) is 14.0 Å². The Morgan fingerprint density at radius 2 is 2.29 bits per heavy atom. The van der Waals surface area contributed by atoms with Crippen molar-refractivity contribution in [3.05, 3.63) is 5.84 Å². The fraction of sp³-hybridized carbons (Fsp3) is 1.00. The number of rotatable bonds is 2. The zero-order valence-corrected chi connectivity index (χ0v) is 4.60. The van der Waals surface area contributed by atoms with Gasteiger partial charge in [-0.1, -0.05) is 0 Å². The molecule has 1 atom stereocenters. The lowest BCUT2D eigenvalue weighted by molar-refractivity contribution is 0.271. The molecule has 1 unspecified atom stereocenters. The molecule has 0 amide bonds. The maximum absolute atomic E-state index is 6.73. The van der Waals surface area contributed by atoms with Crippen LogP contribution in [0.3, 0.4) is 0 Å². The van der Waals surface area contributed by atoms with E-state index in [4.69, 9.17) is 11.7 Å². The zero-order chi connectivity index (χ0) is 5.86. The van der Waals surface area contributed by atoms with Crippen LogP contribution < -0.4 is 11.2 Å². The Kier molecular flexibility index (Phi) is 2.86. The average molecular weight is 103 g/mol. The second-order valence-corrected chi connectivity index (χ2v) is 1.37. The van der Waals surface area contributed by atoms with Crippen LogP contribution in [0.15, 0.2) is 0 Å². The SMILES string of the molecule is CNC(C)N([NH-])N. The van der Waals surface area contributed by atoms with Gasteiger partial charge in [0.25, 0.3) is 0 Å². The van der Waals surface area contributed by atoms with Crippen molar-refractivity contribution in [1.82, 2.24) is 10.4 Å². The highest BCUT2D eigenvalue weighted by atomic mass is 15.6. The molecule has 0 aliphatic heterocycles. The van der Waals surface area contributed by atoms with Crippen LogP contribution >= 0.6 is 0 Å². The molecule has 0 heterocycles. The van der Waals surface area contributed by atoms with Crippen LogP contribution in [0.5, 0.6) is 0 Å². The third kappa shape index (κ3) is 2.52. The molecule has 7 heavy (non-hydrogen) atoms. The van der Waals surface area contributed by atoms with Gasteiger partial charge in [0.15, 0.2) is 0 Å². The standard InChI is InChI=1S/C3H11N4/c1-3(6-2)7(4)5/h3-4,6H,5H2,1-2H3/q-1. The Morgan fingerprint density at radius 1 is 1.86 bits per heavy atom. The van der Waals surface area contributed by atoms with Gasteiger partial charge in [0.1, 0.15) is 0 Å². The Hall–Kier alpha value is -0.160. The van der Waals surface area contributed by atoms with E-state index in [2.05, 4.69) is 5.32 Å². The number of hydrogen-bond acceptors (Lipinski definition) is 3. The third-order valence-corrected chi connectivity index (χ3v) is 0.835. The predicted molar refractivity (Wildman–Crippen MR) is 28.9 cm³/mol. The molecule has 0 saturated heterocycles. The molecule has 4 heteroatoms. The van der Waals surface area contributed by atoms with E-state index in [9.17, 15) is 0 Å². The van der Waals surface area contributed by atoms with Gasteiger partial charge in [0.05, 0.1) is 6.17 Å². The molecule has 0 bridgehead atoms. The second kappa shape index (κ2) is 2.92. The van der Waals surface area contributed by atoms with Gasteiger partial charge in [-0.3, -0.25) is 5.84 Å². The molecule has 0 aromatic carbocycles. The van der Waals surface area contributed by atoms with E-state index in [-0.39, 0.29) is 6.17 Å². The summed E-state index contributed by atoms with van der Waals surface area (Å²) in [6.45, 7) is 1.80. The molecule has 0 saturated carbocycles. The van der Waals surface area contributed by atoms with Crippen molar-refractivity contribution < 1.29 is 0 Å². The predicted octanol–water partition coefficient (Wildman–Crippen LogP) is -0.305. The van der Waals surface area contributed by atoms with E-state index in [1.54, 1.807) is 14.0 Å². The Labute approximate surface area is 43.4 Å². The van der Waals surface area contributed by atoms with E-state index in [0.29, 0.717) is 0 Å². The molecule has 0 aromatic rings. The van der Waals surface area contributed by atoms with Crippen molar-refractivity contribution in [3.8, 4) is 0 Å². The van der Waals surface area contributed by atoms with Crippen LogP contribution in [0.25, 0.3) is 5.84 Å². The summed E-state index contributed by atoms with van der Waals surface area (Å²) in [6, 6.07) is 0. The highest BCUT2D eigenvalue weighted by Crippen LogP contribution is 1.80. The van der Waals surface area contributed by atoms with Crippen molar-refractivity contribution in [2.24, 2.45) is 5.84 Å². The molecule has 0 radical (unpaired) electrons. The van der Waals surface area contributed by atoms with Crippen molar-refractivity contribution >= 4 is 0 Å². The minimum atomic E-state index is -0.0694. The van der Waals surface area contributed by atoms with E-state index in [1.807, 2.05) is 0 Å². The summed E-state index contributed by atoms with van der Waals surface area (Å²) in [5, 5.41) is 3.64. The topological polar surface area (TPSA) is 65.1 Å². The van der Waals surface area contributed by atoms with Gasteiger partial charge in [-0.15, -0.1) is 0 Å².